The number of phenols is 1. The number of carbonyl (C=O) groups excluding carboxylic acids is 1. The van der Waals surface area contributed by atoms with Gasteiger partial charge in [-0.15, -0.1) is 0 Å². The molecule has 2 aliphatic heterocycles. The van der Waals surface area contributed by atoms with Gasteiger partial charge in [-0.05, 0) is 17.7 Å². The molecule has 0 saturated carbocycles. The van der Waals surface area contributed by atoms with Gasteiger partial charge in [-0.1, -0.05) is 6.07 Å². The molecule has 12 heteroatoms. The van der Waals surface area contributed by atoms with Gasteiger partial charge in [0.1, 0.15) is 47.2 Å². The number of aliphatic hydroxyl groups is 5. The van der Waals surface area contributed by atoms with Gasteiger partial charge < -0.3 is 54.3 Å². The lowest BCUT2D eigenvalue weighted by Crippen LogP contribution is -2.60. The lowest BCUT2D eigenvalue weighted by molar-refractivity contribution is -0.277. The zero-order valence-corrected chi connectivity index (χ0v) is 18.8. The summed E-state index contributed by atoms with van der Waals surface area (Å²) in [6, 6.07) is 6.94. The van der Waals surface area contributed by atoms with Crippen LogP contribution in [0.5, 0.6) is 28.7 Å². The summed E-state index contributed by atoms with van der Waals surface area (Å²) >= 11 is 0. The minimum atomic E-state index is -1.73. The third kappa shape index (κ3) is 4.47. The Bertz CT molecular complexity index is 1090. The molecule has 0 bridgehead atoms. The predicted molar refractivity (Wildman–Crippen MR) is 116 cm³/mol. The van der Waals surface area contributed by atoms with Crippen LogP contribution in [0.2, 0.25) is 0 Å². The van der Waals surface area contributed by atoms with E-state index in [-0.39, 0.29) is 34.3 Å². The maximum Gasteiger partial charge on any atom is 0.229 e. The molecule has 0 amide bonds. The minimum Gasteiger partial charge on any atom is -0.504 e. The second kappa shape index (κ2) is 9.85. The number of aliphatic hydroxyl groups excluding tert-OH is 5. The molecule has 0 aliphatic carbocycles. The number of rotatable bonds is 6. The molecule has 7 atom stereocenters. The number of aromatic hydroxyl groups is 1. The molecule has 0 spiro atoms. The summed E-state index contributed by atoms with van der Waals surface area (Å²) in [7, 11) is 2.71. The van der Waals surface area contributed by atoms with Crippen LogP contribution in [-0.4, -0.2) is 94.1 Å². The third-order valence-corrected chi connectivity index (χ3v) is 5.95. The number of Topliss-reactive ketones (excluding diaryl/α,β-unsaturated/α-hetero) is 1. The Labute approximate surface area is 199 Å². The normalized spacial score (nSPS) is 30.3. The van der Waals surface area contributed by atoms with Gasteiger partial charge >= 0.3 is 0 Å². The first kappa shape index (κ1) is 25.0. The number of fused-ring (bicyclic) bond motifs is 1. The minimum absolute atomic E-state index is 0.00344. The van der Waals surface area contributed by atoms with Gasteiger partial charge in [0, 0.05) is 12.1 Å². The first-order valence-electron chi connectivity index (χ1n) is 10.6. The Morgan fingerprint density at radius 2 is 1.69 bits per heavy atom. The molecule has 35 heavy (non-hydrogen) atoms. The fourth-order valence-electron chi connectivity index (χ4n) is 4.01. The number of ketones is 1. The highest BCUT2D eigenvalue weighted by Gasteiger charge is 2.46. The quantitative estimate of drug-likeness (QED) is 0.296. The smallest absolute Gasteiger partial charge is 0.229 e. The predicted octanol–water partition coefficient (Wildman–Crippen LogP) is -0.735. The molecule has 0 aromatic heterocycles. The molecular formula is C23H26O12. The van der Waals surface area contributed by atoms with Crippen LogP contribution < -0.4 is 18.9 Å². The van der Waals surface area contributed by atoms with E-state index in [0.29, 0.717) is 5.56 Å². The van der Waals surface area contributed by atoms with Crippen molar-refractivity contribution in [2.75, 3.05) is 20.8 Å². The van der Waals surface area contributed by atoms with Crippen LogP contribution in [0.25, 0.3) is 0 Å². The number of ether oxygens (including phenoxy) is 5. The van der Waals surface area contributed by atoms with Crippen molar-refractivity contribution in [1.29, 1.82) is 0 Å². The first-order valence-corrected chi connectivity index (χ1v) is 10.6. The molecule has 1 saturated heterocycles. The maximum absolute atomic E-state index is 13.2. The Kier molecular flexibility index (Phi) is 7.03. The summed E-state index contributed by atoms with van der Waals surface area (Å²) in [6.07, 6.45) is -10.7. The lowest BCUT2D eigenvalue weighted by Gasteiger charge is -2.40. The zero-order valence-electron chi connectivity index (χ0n) is 18.8. The van der Waals surface area contributed by atoms with Crippen LogP contribution in [0.1, 0.15) is 22.0 Å². The third-order valence-electron chi connectivity index (χ3n) is 5.95. The van der Waals surface area contributed by atoms with Crippen molar-refractivity contribution in [2.45, 2.75) is 42.9 Å². The topological polar surface area (TPSA) is 185 Å². The van der Waals surface area contributed by atoms with Crippen molar-refractivity contribution in [3.63, 3.8) is 0 Å². The average molecular weight is 494 g/mol. The molecule has 2 aromatic rings. The fourth-order valence-corrected chi connectivity index (χ4v) is 4.01. The largest absolute Gasteiger partial charge is 0.504 e. The van der Waals surface area contributed by atoms with Crippen molar-refractivity contribution in [3.8, 4) is 28.7 Å². The van der Waals surface area contributed by atoms with E-state index in [2.05, 4.69) is 0 Å². The van der Waals surface area contributed by atoms with Gasteiger partial charge in [0.2, 0.25) is 12.1 Å². The number of methoxy groups -OCH3 is 2. The maximum atomic E-state index is 13.2. The molecule has 12 nitrogen and oxygen atoms in total. The molecule has 0 unspecified atom stereocenters. The standard InChI is InChI=1S/C23H26O12/c1-31-10-6-13-16(14(7-10)34-23-21(30)19(28)17(26)15(8-24)35-23)18(27)20(29)22(33-13)9-3-4-11(25)12(5-9)32-2/h3-7,15,17,19-26,28-30H,8H2,1-2H3/t15-,17-,19+,20+,21-,22-,23+/m1/s1. The van der Waals surface area contributed by atoms with Crippen LogP contribution in [0.15, 0.2) is 30.3 Å². The molecule has 4 rings (SSSR count). The van der Waals surface area contributed by atoms with Crippen LogP contribution in [-0.2, 0) is 4.74 Å². The van der Waals surface area contributed by atoms with Gasteiger partial charge in [-0.2, -0.15) is 0 Å². The highest BCUT2D eigenvalue weighted by Crippen LogP contribution is 2.44. The number of hydrogen-bond donors (Lipinski definition) is 6. The Morgan fingerprint density at radius 1 is 0.943 bits per heavy atom. The zero-order chi connectivity index (χ0) is 25.4. The number of phenolic OH excluding ortho intramolecular Hbond substituents is 1. The summed E-state index contributed by atoms with van der Waals surface area (Å²) in [5.41, 5.74) is 0.183. The van der Waals surface area contributed by atoms with E-state index in [1.807, 2.05) is 0 Å². The second-order valence-electron chi connectivity index (χ2n) is 8.09. The van der Waals surface area contributed by atoms with E-state index in [0.717, 1.165) is 0 Å². The highest BCUT2D eigenvalue weighted by atomic mass is 16.7. The molecule has 2 aliphatic rings. The van der Waals surface area contributed by atoms with E-state index >= 15 is 0 Å². The van der Waals surface area contributed by atoms with Crippen LogP contribution in [0.3, 0.4) is 0 Å². The molecule has 2 heterocycles. The summed E-state index contributed by atoms with van der Waals surface area (Å²) in [6.45, 7) is -0.667. The van der Waals surface area contributed by atoms with Gasteiger partial charge in [0.15, 0.2) is 23.7 Å². The number of carbonyl (C=O) groups is 1. The van der Waals surface area contributed by atoms with E-state index in [1.54, 1.807) is 0 Å². The van der Waals surface area contributed by atoms with E-state index < -0.39 is 55.3 Å². The van der Waals surface area contributed by atoms with Crippen molar-refractivity contribution in [2.24, 2.45) is 0 Å². The van der Waals surface area contributed by atoms with Crippen LogP contribution in [0, 0.1) is 0 Å². The van der Waals surface area contributed by atoms with Crippen molar-refractivity contribution in [3.05, 3.63) is 41.5 Å². The fraction of sp³-hybridized carbons (Fsp3) is 0.435. The Hall–Kier alpha value is -3.13. The second-order valence-corrected chi connectivity index (χ2v) is 8.09. The molecule has 2 aromatic carbocycles. The van der Waals surface area contributed by atoms with Gasteiger partial charge in [0.05, 0.1) is 20.8 Å². The lowest BCUT2D eigenvalue weighted by atomic mass is 9.92. The van der Waals surface area contributed by atoms with Gasteiger partial charge in [-0.25, -0.2) is 0 Å². The van der Waals surface area contributed by atoms with Gasteiger partial charge in [-0.3, -0.25) is 4.79 Å². The monoisotopic (exact) mass is 494 g/mol. The summed E-state index contributed by atoms with van der Waals surface area (Å²) in [5.74, 6) is -0.773. The summed E-state index contributed by atoms with van der Waals surface area (Å²) in [5, 5.41) is 60.4. The SMILES string of the molecule is COc1cc(O[C@H]2O[C@H](CO)[C@@H](O)[C@H](O)[C@H]2O)c2c(c1)O[C@H](c1ccc(O)c(OC)c1)[C@@H](O)C2=O. The number of hydrogen-bond acceptors (Lipinski definition) is 12. The average Bonchev–Trinajstić information content (AvgIpc) is 2.86. The first-order chi connectivity index (χ1) is 16.7. The molecule has 6 N–H and O–H groups in total. The summed E-state index contributed by atoms with van der Waals surface area (Å²) in [4.78, 5) is 13.2. The van der Waals surface area contributed by atoms with Crippen LogP contribution >= 0.6 is 0 Å². The van der Waals surface area contributed by atoms with Gasteiger partial charge in [0.25, 0.3) is 0 Å². The van der Waals surface area contributed by atoms with Crippen molar-refractivity contribution < 1.29 is 59.1 Å². The Balaban J connectivity index is 1.71. The molecule has 0 radical (unpaired) electrons. The molecule has 190 valence electrons. The summed E-state index contributed by atoms with van der Waals surface area (Å²) < 4.78 is 27.3. The van der Waals surface area contributed by atoms with Crippen molar-refractivity contribution >= 4 is 5.78 Å². The highest BCUT2D eigenvalue weighted by molar-refractivity contribution is 6.05. The van der Waals surface area contributed by atoms with E-state index in [4.69, 9.17) is 23.7 Å². The van der Waals surface area contributed by atoms with Crippen molar-refractivity contribution in [1.82, 2.24) is 0 Å². The Morgan fingerprint density at radius 3 is 2.34 bits per heavy atom. The van der Waals surface area contributed by atoms with Crippen LogP contribution in [0.4, 0.5) is 0 Å². The number of benzene rings is 2. The van der Waals surface area contributed by atoms with E-state index in [9.17, 15) is 35.4 Å². The molecule has 1 fully saturated rings. The molecular weight excluding hydrogens is 468 g/mol. The van der Waals surface area contributed by atoms with E-state index in [1.165, 1.54) is 44.6 Å².